The number of carbonyl (C=O) groups is 1. The minimum Gasteiger partial charge on any atom is -0.350 e. The summed E-state index contributed by atoms with van der Waals surface area (Å²) in [4.78, 5) is 28.6. The highest BCUT2D eigenvalue weighted by Crippen LogP contribution is 2.20. The molecule has 1 heterocycles. The molecule has 3 rings (SSSR count). The van der Waals surface area contributed by atoms with Crippen molar-refractivity contribution in [2.45, 2.75) is 6.54 Å². The lowest BCUT2D eigenvalue weighted by atomic mass is 10.1. The lowest BCUT2D eigenvalue weighted by Crippen LogP contribution is -2.31. The Morgan fingerprint density at radius 3 is 2.56 bits per heavy atom. The molecule has 3 aromatic rings. The molecule has 0 spiro atoms. The number of halogens is 3. The first-order chi connectivity index (χ1) is 12.9. The summed E-state index contributed by atoms with van der Waals surface area (Å²) < 4.78 is 14.4. The molecule has 2 aromatic carbocycles. The molecule has 0 aliphatic rings. The van der Waals surface area contributed by atoms with Gasteiger partial charge in [0, 0.05) is 29.7 Å². The standard InChI is InChI=1S/C19H14Cl2FN3O2/c20-13-3-6-16(21)15(9-13)19(27)23-7-8-25-11-24-17(10-18(25)26)12-1-4-14(22)5-2-12/h1-6,9-11H,7-8H2,(H,23,27). The fraction of sp³-hybridized carbons (Fsp3) is 0.105. The summed E-state index contributed by atoms with van der Waals surface area (Å²) in [5.41, 5.74) is 1.08. The highest BCUT2D eigenvalue weighted by atomic mass is 35.5. The van der Waals surface area contributed by atoms with E-state index in [1.807, 2.05) is 0 Å². The van der Waals surface area contributed by atoms with Gasteiger partial charge in [0.2, 0.25) is 0 Å². The number of aromatic nitrogens is 2. The number of hydrogen-bond donors (Lipinski definition) is 1. The van der Waals surface area contributed by atoms with Crippen molar-refractivity contribution in [3.05, 3.63) is 86.6 Å². The molecular weight excluding hydrogens is 392 g/mol. The van der Waals surface area contributed by atoms with E-state index in [0.29, 0.717) is 21.3 Å². The Bertz CT molecular complexity index is 1040. The van der Waals surface area contributed by atoms with Gasteiger partial charge >= 0.3 is 0 Å². The molecule has 0 bridgehead atoms. The molecule has 27 heavy (non-hydrogen) atoms. The lowest BCUT2D eigenvalue weighted by molar-refractivity contribution is 0.0952. The van der Waals surface area contributed by atoms with Gasteiger partial charge in [-0.05, 0) is 42.5 Å². The van der Waals surface area contributed by atoms with Crippen molar-refractivity contribution in [3.63, 3.8) is 0 Å². The molecule has 1 N–H and O–H groups in total. The number of rotatable bonds is 5. The van der Waals surface area contributed by atoms with Crippen LogP contribution in [0.2, 0.25) is 10.0 Å². The summed E-state index contributed by atoms with van der Waals surface area (Å²) >= 11 is 11.9. The van der Waals surface area contributed by atoms with Crippen LogP contribution in [0.3, 0.4) is 0 Å². The highest BCUT2D eigenvalue weighted by molar-refractivity contribution is 6.35. The Morgan fingerprint density at radius 2 is 1.85 bits per heavy atom. The number of benzene rings is 2. The van der Waals surface area contributed by atoms with E-state index in [0.717, 1.165) is 0 Å². The topological polar surface area (TPSA) is 64.0 Å². The molecule has 0 saturated carbocycles. The van der Waals surface area contributed by atoms with E-state index in [9.17, 15) is 14.0 Å². The average Bonchev–Trinajstić information content (AvgIpc) is 2.65. The number of nitrogens with zero attached hydrogens (tertiary/aromatic N) is 2. The van der Waals surface area contributed by atoms with Crippen molar-refractivity contribution in [2.24, 2.45) is 0 Å². The summed E-state index contributed by atoms with van der Waals surface area (Å²) in [6, 6.07) is 11.7. The SMILES string of the molecule is O=C(NCCn1cnc(-c2ccc(F)cc2)cc1=O)c1cc(Cl)ccc1Cl. The molecule has 0 unspecified atom stereocenters. The van der Waals surface area contributed by atoms with E-state index in [2.05, 4.69) is 10.3 Å². The summed E-state index contributed by atoms with van der Waals surface area (Å²) in [6.07, 6.45) is 1.39. The van der Waals surface area contributed by atoms with Gasteiger partial charge in [-0.2, -0.15) is 0 Å². The summed E-state index contributed by atoms with van der Waals surface area (Å²) in [6.45, 7) is 0.443. The second kappa shape index (κ2) is 8.33. The van der Waals surface area contributed by atoms with Crippen molar-refractivity contribution in [1.29, 1.82) is 0 Å². The smallest absolute Gasteiger partial charge is 0.253 e. The minimum absolute atomic E-state index is 0.207. The molecule has 1 amide bonds. The van der Waals surface area contributed by atoms with Gasteiger partial charge in [-0.3, -0.25) is 14.2 Å². The molecule has 0 aliphatic carbocycles. The van der Waals surface area contributed by atoms with E-state index >= 15 is 0 Å². The number of amides is 1. The van der Waals surface area contributed by atoms with Crippen LogP contribution in [0.25, 0.3) is 11.3 Å². The lowest BCUT2D eigenvalue weighted by Gasteiger charge is -2.09. The predicted molar refractivity (Wildman–Crippen MR) is 103 cm³/mol. The predicted octanol–water partition coefficient (Wildman–Crippen LogP) is 3.79. The van der Waals surface area contributed by atoms with Gasteiger partial charge in [-0.1, -0.05) is 23.2 Å². The van der Waals surface area contributed by atoms with Gasteiger partial charge in [-0.25, -0.2) is 9.37 Å². The van der Waals surface area contributed by atoms with E-state index in [4.69, 9.17) is 23.2 Å². The summed E-state index contributed by atoms with van der Waals surface area (Å²) in [5, 5.41) is 3.38. The Hall–Kier alpha value is -2.70. The molecule has 138 valence electrons. The molecule has 0 atom stereocenters. The highest BCUT2D eigenvalue weighted by Gasteiger charge is 2.11. The van der Waals surface area contributed by atoms with Crippen LogP contribution in [-0.4, -0.2) is 22.0 Å². The maximum atomic E-state index is 13.0. The second-order valence-corrected chi connectivity index (χ2v) is 6.54. The third kappa shape index (κ3) is 4.72. The van der Waals surface area contributed by atoms with Gasteiger partial charge in [-0.15, -0.1) is 0 Å². The zero-order chi connectivity index (χ0) is 19.4. The molecule has 8 heteroatoms. The molecule has 0 fully saturated rings. The third-order valence-electron chi connectivity index (χ3n) is 3.83. The molecule has 0 radical (unpaired) electrons. The second-order valence-electron chi connectivity index (χ2n) is 5.69. The molecule has 1 aromatic heterocycles. The fourth-order valence-electron chi connectivity index (χ4n) is 2.43. The van der Waals surface area contributed by atoms with Crippen molar-refractivity contribution in [1.82, 2.24) is 14.9 Å². The molecular formula is C19H14Cl2FN3O2. The number of carbonyl (C=O) groups excluding carboxylic acids is 1. The Labute approximate surface area is 164 Å². The molecule has 0 saturated heterocycles. The quantitative estimate of drug-likeness (QED) is 0.702. The molecule has 0 aliphatic heterocycles. The van der Waals surface area contributed by atoms with Crippen LogP contribution in [0, 0.1) is 5.82 Å². The average molecular weight is 406 g/mol. The van der Waals surface area contributed by atoms with Crippen LogP contribution >= 0.6 is 23.2 Å². The van der Waals surface area contributed by atoms with Crippen LogP contribution in [0.5, 0.6) is 0 Å². The van der Waals surface area contributed by atoms with Crippen molar-refractivity contribution in [3.8, 4) is 11.3 Å². The summed E-state index contributed by atoms with van der Waals surface area (Å²) in [5.74, 6) is -0.742. The molecule has 5 nitrogen and oxygen atoms in total. The van der Waals surface area contributed by atoms with Crippen LogP contribution in [0.4, 0.5) is 4.39 Å². The summed E-state index contributed by atoms with van der Waals surface area (Å²) in [7, 11) is 0. The Balaban J connectivity index is 1.64. The van der Waals surface area contributed by atoms with E-state index < -0.39 is 0 Å². The van der Waals surface area contributed by atoms with Gasteiger partial charge in [0.05, 0.1) is 22.6 Å². The first kappa shape index (κ1) is 19.1. The van der Waals surface area contributed by atoms with Crippen LogP contribution in [0.1, 0.15) is 10.4 Å². The van der Waals surface area contributed by atoms with Gasteiger partial charge in [0.1, 0.15) is 5.82 Å². The van der Waals surface area contributed by atoms with Gasteiger partial charge in [0.25, 0.3) is 11.5 Å². The van der Waals surface area contributed by atoms with Gasteiger partial charge in [0.15, 0.2) is 0 Å². The number of nitrogens with one attached hydrogen (secondary N) is 1. The van der Waals surface area contributed by atoms with E-state index in [1.54, 1.807) is 24.3 Å². The van der Waals surface area contributed by atoms with E-state index in [1.165, 1.54) is 35.2 Å². The van der Waals surface area contributed by atoms with Crippen LogP contribution in [-0.2, 0) is 6.54 Å². The van der Waals surface area contributed by atoms with E-state index in [-0.39, 0.29) is 35.9 Å². The Kier molecular flexibility index (Phi) is 5.88. The van der Waals surface area contributed by atoms with Gasteiger partial charge < -0.3 is 5.32 Å². The van der Waals surface area contributed by atoms with Crippen molar-refractivity contribution < 1.29 is 9.18 Å². The largest absolute Gasteiger partial charge is 0.350 e. The van der Waals surface area contributed by atoms with Crippen LogP contribution < -0.4 is 10.9 Å². The first-order valence-electron chi connectivity index (χ1n) is 8.00. The number of hydrogen-bond acceptors (Lipinski definition) is 3. The minimum atomic E-state index is -0.383. The van der Waals surface area contributed by atoms with Crippen LogP contribution in [0.15, 0.2) is 59.7 Å². The third-order valence-corrected chi connectivity index (χ3v) is 4.40. The maximum absolute atomic E-state index is 13.0. The first-order valence-corrected chi connectivity index (χ1v) is 8.75. The maximum Gasteiger partial charge on any atom is 0.253 e. The van der Waals surface area contributed by atoms with Crippen molar-refractivity contribution >= 4 is 29.1 Å². The Morgan fingerprint density at radius 1 is 1.11 bits per heavy atom. The van der Waals surface area contributed by atoms with Crippen molar-refractivity contribution in [2.75, 3.05) is 6.54 Å². The monoisotopic (exact) mass is 405 g/mol. The normalized spacial score (nSPS) is 10.6. The zero-order valence-corrected chi connectivity index (χ0v) is 15.5. The zero-order valence-electron chi connectivity index (χ0n) is 14.0. The fourth-order valence-corrected chi connectivity index (χ4v) is 2.80.